The first-order chi connectivity index (χ1) is 11.5. The molecule has 0 saturated carbocycles. The molecule has 0 unspecified atom stereocenters. The van der Waals surface area contributed by atoms with Crippen molar-refractivity contribution in [2.24, 2.45) is 0 Å². The highest BCUT2D eigenvalue weighted by Gasteiger charge is 2.25. The van der Waals surface area contributed by atoms with Gasteiger partial charge < -0.3 is 10.1 Å². The number of benzene rings is 2. The van der Waals surface area contributed by atoms with Gasteiger partial charge in [0.05, 0.1) is 11.3 Å². The molecule has 0 aliphatic rings. The first-order valence-electron chi connectivity index (χ1n) is 7.00. The molecule has 0 spiro atoms. The monoisotopic (exact) mass is 359 g/mol. The summed E-state index contributed by atoms with van der Waals surface area (Å²) in [6.45, 7) is 0. The third-order valence-corrected chi connectivity index (χ3v) is 4.38. The second kappa shape index (κ2) is 6.51. The molecule has 6 heteroatoms. The number of Topliss-reactive ketones (excluding diaryl/α,β-unsaturated/α-hetero) is 1. The van der Waals surface area contributed by atoms with E-state index < -0.39 is 21.8 Å². The van der Waals surface area contributed by atoms with Gasteiger partial charge >= 0.3 is 5.97 Å². The van der Waals surface area contributed by atoms with Crippen LogP contribution in [0.1, 0.15) is 10.4 Å². The van der Waals surface area contributed by atoms with E-state index in [1.165, 1.54) is 0 Å². The molecule has 3 aromatic rings. The molecule has 4 nitrogen and oxygen atoms in total. The highest BCUT2D eigenvalue weighted by molar-refractivity contribution is 6.55. The van der Waals surface area contributed by atoms with Crippen LogP contribution in [0.5, 0.6) is 0 Å². The first kappa shape index (κ1) is 16.3. The molecular weight excluding hydrogens is 349 g/mol. The molecule has 0 saturated heterocycles. The minimum absolute atomic E-state index is 0.293. The van der Waals surface area contributed by atoms with Gasteiger partial charge in [-0.2, -0.15) is 0 Å². The summed E-state index contributed by atoms with van der Waals surface area (Å²) in [5.41, 5.74) is 2.39. The zero-order valence-electron chi connectivity index (χ0n) is 12.2. The van der Waals surface area contributed by atoms with E-state index in [0.29, 0.717) is 16.6 Å². The minimum atomic E-state index is -1.45. The predicted molar refractivity (Wildman–Crippen MR) is 94.4 cm³/mol. The van der Waals surface area contributed by atoms with Gasteiger partial charge in [0.2, 0.25) is 5.78 Å². The van der Waals surface area contributed by atoms with Crippen LogP contribution >= 0.6 is 23.2 Å². The quantitative estimate of drug-likeness (QED) is 0.519. The van der Waals surface area contributed by atoms with Crippen LogP contribution in [0.15, 0.2) is 64.7 Å². The van der Waals surface area contributed by atoms with Crippen LogP contribution in [-0.4, -0.2) is 21.8 Å². The largest absolute Gasteiger partial charge is 0.477 e. The molecule has 0 aliphatic carbocycles. The van der Waals surface area contributed by atoms with Crippen LogP contribution in [0.3, 0.4) is 0 Å². The fourth-order valence-electron chi connectivity index (χ4n) is 2.50. The Morgan fingerprint density at radius 3 is 2.17 bits per heavy atom. The molecular formula is C18H11Cl2NO3. The third-order valence-electron chi connectivity index (χ3n) is 3.58. The molecule has 2 N–H and O–H groups in total. The average Bonchev–Trinajstić information content (AvgIpc) is 3.00. The van der Waals surface area contributed by atoms with Gasteiger partial charge in [-0.3, -0.25) is 4.79 Å². The normalized spacial score (nSPS) is 12.1. The fraction of sp³-hybridized carbons (Fsp3) is 0. The van der Waals surface area contributed by atoms with Crippen LogP contribution in [0.4, 0.5) is 0 Å². The molecule has 0 fully saturated rings. The lowest BCUT2D eigenvalue weighted by Crippen LogP contribution is -2.06. The summed E-state index contributed by atoms with van der Waals surface area (Å²) >= 11 is 11.6. The number of rotatable bonds is 4. The number of allylic oxidation sites excluding steroid dienone is 1. The number of para-hydroxylation sites is 1. The van der Waals surface area contributed by atoms with Gasteiger partial charge in [0, 0.05) is 10.9 Å². The number of nitrogens with one attached hydrogen (secondary N) is 1. The standard InChI is InChI=1S/C18H11Cl2NO3/c19-14(15(20)18(23)24)17(22)13-11-8-4-5-9-12(11)21-16(13)10-6-2-1-3-7-10/h1-9,21H,(H,23,24). The van der Waals surface area contributed by atoms with Gasteiger partial charge in [-0.05, 0) is 11.6 Å². The summed E-state index contributed by atoms with van der Waals surface area (Å²) in [7, 11) is 0. The number of carboxylic acids is 1. The summed E-state index contributed by atoms with van der Waals surface area (Å²) in [5, 5.41) is 8.39. The maximum Gasteiger partial charge on any atom is 0.349 e. The van der Waals surface area contributed by atoms with Crippen LogP contribution in [0, 0.1) is 0 Å². The Labute approximate surface area is 147 Å². The Balaban J connectivity index is 2.29. The fourth-order valence-corrected chi connectivity index (χ4v) is 2.76. The molecule has 0 bridgehead atoms. The molecule has 2 aromatic carbocycles. The van der Waals surface area contributed by atoms with Crippen molar-refractivity contribution in [3.05, 3.63) is 70.2 Å². The van der Waals surface area contributed by atoms with Crippen molar-refractivity contribution >= 4 is 45.9 Å². The molecule has 0 aliphatic heterocycles. The smallest absolute Gasteiger partial charge is 0.349 e. The number of aromatic nitrogens is 1. The number of hydrogen-bond acceptors (Lipinski definition) is 2. The van der Waals surface area contributed by atoms with Crippen molar-refractivity contribution in [2.75, 3.05) is 0 Å². The van der Waals surface area contributed by atoms with Crippen LogP contribution in [0.2, 0.25) is 0 Å². The van der Waals surface area contributed by atoms with Crippen molar-refractivity contribution < 1.29 is 14.7 Å². The summed E-state index contributed by atoms with van der Waals surface area (Å²) in [6.07, 6.45) is 0. The molecule has 3 rings (SSSR count). The number of hydrogen-bond donors (Lipinski definition) is 2. The SMILES string of the molecule is O=C(O)C(Cl)=C(Cl)C(=O)c1c(-c2ccccc2)[nH]c2ccccc12. The number of carboxylic acid groups (broad SMARTS) is 1. The van der Waals surface area contributed by atoms with E-state index in [1.54, 1.807) is 12.1 Å². The van der Waals surface area contributed by atoms with E-state index in [0.717, 1.165) is 11.1 Å². The van der Waals surface area contributed by atoms with Gasteiger partial charge in [0.15, 0.2) is 0 Å². The van der Waals surface area contributed by atoms with Crippen molar-refractivity contribution in [2.45, 2.75) is 0 Å². The van der Waals surface area contributed by atoms with Crippen molar-refractivity contribution in [3.8, 4) is 11.3 Å². The van der Waals surface area contributed by atoms with E-state index in [2.05, 4.69) is 4.98 Å². The lowest BCUT2D eigenvalue weighted by molar-refractivity contribution is -0.131. The molecule has 1 aromatic heterocycles. The van der Waals surface area contributed by atoms with Crippen LogP contribution in [0.25, 0.3) is 22.2 Å². The molecule has 0 atom stereocenters. The number of carbonyl (C=O) groups excluding carboxylic acids is 1. The molecule has 0 radical (unpaired) electrons. The Morgan fingerprint density at radius 1 is 0.875 bits per heavy atom. The summed E-state index contributed by atoms with van der Waals surface area (Å²) < 4.78 is 0. The Morgan fingerprint density at radius 2 is 1.50 bits per heavy atom. The van der Waals surface area contributed by atoms with E-state index >= 15 is 0 Å². The second-order valence-electron chi connectivity index (χ2n) is 5.05. The highest BCUT2D eigenvalue weighted by Crippen LogP contribution is 2.33. The van der Waals surface area contributed by atoms with Gasteiger partial charge in [-0.25, -0.2) is 4.79 Å². The number of fused-ring (bicyclic) bond motifs is 1. The topological polar surface area (TPSA) is 70.2 Å². The summed E-state index contributed by atoms with van der Waals surface area (Å²) in [6, 6.07) is 16.5. The highest BCUT2D eigenvalue weighted by atomic mass is 35.5. The Bertz CT molecular complexity index is 974. The van der Waals surface area contributed by atoms with Gasteiger partial charge in [0.25, 0.3) is 0 Å². The number of ketones is 1. The van der Waals surface area contributed by atoms with E-state index in [9.17, 15) is 9.59 Å². The number of carbonyl (C=O) groups is 2. The van der Waals surface area contributed by atoms with Crippen molar-refractivity contribution in [3.63, 3.8) is 0 Å². The Hall–Kier alpha value is -2.56. The van der Waals surface area contributed by atoms with E-state index in [1.807, 2.05) is 42.5 Å². The van der Waals surface area contributed by atoms with E-state index in [4.69, 9.17) is 28.3 Å². The van der Waals surface area contributed by atoms with E-state index in [-0.39, 0.29) is 0 Å². The Kier molecular flexibility index (Phi) is 4.42. The zero-order chi connectivity index (χ0) is 17.3. The van der Waals surface area contributed by atoms with Crippen LogP contribution < -0.4 is 0 Å². The van der Waals surface area contributed by atoms with Gasteiger partial charge in [0.1, 0.15) is 10.1 Å². The molecule has 1 heterocycles. The van der Waals surface area contributed by atoms with Crippen LogP contribution in [-0.2, 0) is 4.79 Å². The third kappa shape index (κ3) is 2.82. The lowest BCUT2D eigenvalue weighted by atomic mass is 10.0. The van der Waals surface area contributed by atoms with Crippen molar-refractivity contribution in [1.29, 1.82) is 0 Å². The average molecular weight is 360 g/mol. The van der Waals surface area contributed by atoms with Gasteiger partial charge in [-0.1, -0.05) is 71.7 Å². The lowest BCUT2D eigenvalue weighted by Gasteiger charge is -2.05. The zero-order valence-corrected chi connectivity index (χ0v) is 13.7. The van der Waals surface area contributed by atoms with Crippen molar-refractivity contribution in [1.82, 2.24) is 4.98 Å². The summed E-state index contributed by atoms with van der Waals surface area (Å²) in [4.78, 5) is 27.0. The molecule has 0 amide bonds. The van der Waals surface area contributed by atoms with Gasteiger partial charge in [-0.15, -0.1) is 0 Å². The maximum atomic E-state index is 12.8. The first-order valence-corrected chi connectivity index (χ1v) is 7.75. The number of halogens is 2. The number of aliphatic carboxylic acids is 1. The summed E-state index contributed by atoms with van der Waals surface area (Å²) in [5.74, 6) is -2.09. The number of aromatic amines is 1. The maximum absolute atomic E-state index is 12.8. The number of H-pyrrole nitrogens is 1. The second-order valence-corrected chi connectivity index (χ2v) is 5.80. The predicted octanol–water partition coefficient (Wildman–Crippen LogP) is 4.79. The molecule has 120 valence electrons. The molecule has 24 heavy (non-hydrogen) atoms. The minimum Gasteiger partial charge on any atom is -0.477 e.